The molecule has 0 heterocycles. The molecule has 0 aliphatic carbocycles. The number of hydrogen-bond donors (Lipinski definition) is 2. The summed E-state index contributed by atoms with van der Waals surface area (Å²) >= 11 is 0. The predicted octanol–water partition coefficient (Wildman–Crippen LogP) is 11.9. The molecule has 0 aromatic heterocycles. The van der Waals surface area contributed by atoms with Crippen molar-refractivity contribution in [3.05, 3.63) is 24.3 Å². The van der Waals surface area contributed by atoms with Crippen LogP contribution in [-0.2, 0) is 33.6 Å². The molecule has 10 heteroatoms. The zero-order chi connectivity index (χ0) is 38.3. The van der Waals surface area contributed by atoms with Crippen LogP contribution in [0, 0.1) is 0 Å². The summed E-state index contributed by atoms with van der Waals surface area (Å²) in [6, 6.07) is 0. The second-order valence-corrected chi connectivity index (χ2v) is 14.9. The van der Waals surface area contributed by atoms with Gasteiger partial charge in [-0.25, -0.2) is 5.32 Å². The molecule has 0 spiro atoms. The van der Waals surface area contributed by atoms with Gasteiger partial charge in [0.2, 0.25) is 0 Å². The summed E-state index contributed by atoms with van der Waals surface area (Å²) in [5, 5.41) is 3.05. The van der Waals surface area contributed by atoms with E-state index in [0.29, 0.717) is 12.8 Å². The summed E-state index contributed by atoms with van der Waals surface area (Å²) in [6.45, 7) is 8.10. The van der Waals surface area contributed by atoms with E-state index in [4.69, 9.17) is 14.0 Å². The van der Waals surface area contributed by atoms with E-state index in [9.17, 15) is 18.0 Å². The Morgan fingerprint density at radius 3 is 1.06 bits per heavy atom. The standard InChI is InChI=1S/C40H75NO4.CH4O4S/c1-5-7-9-11-13-15-17-19-21-23-25-27-29-31-33-35-39(42)44-37(3)41-38(4)45-40(43)36-34-32-30-28-26-24-22-20-18-16-14-12-10-8-6-2;1-5-6(2,3)4/h19-22,37-38,41H,5-18,23-36H2,1-4H3;1H3,(H,2,3,4). The van der Waals surface area contributed by atoms with Gasteiger partial charge in [-0.3, -0.25) is 18.3 Å². The first kappa shape index (κ1) is 51.4. The Labute approximate surface area is 314 Å². The van der Waals surface area contributed by atoms with Crippen molar-refractivity contribution in [3.63, 3.8) is 0 Å². The molecular weight excluding hydrogens is 667 g/mol. The second-order valence-electron chi connectivity index (χ2n) is 13.7. The maximum atomic E-state index is 12.2. The first-order valence-corrected chi connectivity index (χ1v) is 21.9. The minimum atomic E-state index is -4.16. The molecule has 0 aliphatic rings. The summed E-state index contributed by atoms with van der Waals surface area (Å²) in [7, 11) is -3.29. The summed E-state index contributed by atoms with van der Waals surface area (Å²) in [6.07, 6.45) is 41.5. The lowest BCUT2D eigenvalue weighted by molar-refractivity contribution is -0.157. The number of nitrogens with one attached hydrogen (secondary N) is 1. The third-order valence-corrected chi connectivity index (χ3v) is 9.00. The molecule has 0 rings (SSSR count). The van der Waals surface area contributed by atoms with E-state index in [0.717, 1.165) is 45.6 Å². The molecule has 0 amide bonds. The number of rotatable bonds is 35. The molecule has 0 bridgehead atoms. The number of carbonyl (C=O) groups is 2. The first-order chi connectivity index (χ1) is 24.6. The Morgan fingerprint density at radius 2 is 0.784 bits per heavy atom. The second kappa shape index (κ2) is 39.5. The van der Waals surface area contributed by atoms with Crippen molar-refractivity contribution in [1.82, 2.24) is 5.32 Å². The smallest absolute Gasteiger partial charge is 0.397 e. The largest absolute Gasteiger partial charge is 0.447 e. The Morgan fingerprint density at radius 1 is 0.529 bits per heavy atom. The molecule has 51 heavy (non-hydrogen) atoms. The third kappa shape index (κ3) is 46.2. The lowest BCUT2D eigenvalue weighted by Gasteiger charge is -2.20. The number of hydrogen-bond acceptors (Lipinski definition) is 8. The van der Waals surface area contributed by atoms with Gasteiger partial charge < -0.3 is 9.47 Å². The van der Waals surface area contributed by atoms with Gasteiger partial charge in [0, 0.05) is 12.8 Å². The fourth-order valence-corrected chi connectivity index (χ4v) is 5.59. The molecule has 0 saturated heterocycles. The van der Waals surface area contributed by atoms with E-state index in [1.807, 2.05) is 0 Å². The van der Waals surface area contributed by atoms with Gasteiger partial charge in [0.05, 0.1) is 7.11 Å². The number of unbranched alkanes of at least 4 members (excludes halogenated alkanes) is 22. The van der Waals surface area contributed by atoms with Crippen molar-refractivity contribution in [2.75, 3.05) is 7.11 Å². The summed E-state index contributed by atoms with van der Waals surface area (Å²) in [5.41, 5.74) is 0. The quantitative estimate of drug-likeness (QED) is 0.0214. The van der Waals surface area contributed by atoms with Crippen LogP contribution in [0.1, 0.15) is 207 Å². The molecule has 0 saturated carbocycles. The van der Waals surface area contributed by atoms with Gasteiger partial charge >= 0.3 is 22.3 Å². The Hall–Kier alpha value is -1.75. The maximum absolute atomic E-state index is 12.2. The average Bonchev–Trinajstić information content (AvgIpc) is 3.08. The van der Waals surface area contributed by atoms with Gasteiger partial charge in [-0.1, -0.05) is 141 Å². The molecule has 9 nitrogen and oxygen atoms in total. The number of esters is 2. The molecule has 0 aromatic rings. The van der Waals surface area contributed by atoms with Gasteiger partial charge in [-0.05, 0) is 78.1 Å². The highest BCUT2D eigenvalue weighted by atomic mass is 32.3. The van der Waals surface area contributed by atoms with Crippen LogP contribution in [0.25, 0.3) is 0 Å². The zero-order valence-corrected chi connectivity index (χ0v) is 34.3. The fraction of sp³-hybridized carbons (Fsp3) is 0.854. The van der Waals surface area contributed by atoms with Gasteiger partial charge in [0.25, 0.3) is 0 Å². The Balaban J connectivity index is 0. The first-order valence-electron chi connectivity index (χ1n) is 20.5. The van der Waals surface area contributed by atoms with Gasteiger partial charge in [0.1, 0.15) is 0 Å². The van der Waals surface area contributed by atoms with Crippen molar-refractivity contribution < 1.29 is 36.2 Å². The maximum Gasteiger partial charge on any atom is 0.397 e. The van der Waals surface area contributed by atoms with Crippen LogP contribution in [0.2, 0.25) is 0 Å². The molecule has 0 aromatic carbocycles. The van der Waals surface area contributed by atoms with Crippen LogP contribution in [0.3, 0.4) is 0 Å². The molecule has 0 aliphatic heterocycles. The minimum Gasteiger partial charge on any atom is -0.447 e. The lowest BCUT2D eigenvalue weighted by Crippen LogP contribution is -2.40. The molecule has 2 atom stereocenters. The third-order valence-electron chi connectivity index (χ3n) is 8.58. The summed E-state index contributed by atoms with van der Waals surface area (Å²) in [5.74, 6) is -0.390. The van der Waals surface area contributed by atoms with E-state index < -0.39 is 22.9 Å². The number of carbonyl (C=O) groups excluding carboxylic acids is 2. The van der Waals surface area contributed by atoms with Crippen molar-refractivity contribution in [2.24, 2.45) is 0 Å². The zero-order valence-electron chi connectivity index (χ0n) is 33.5. The van der Waals surface area contributed by atoms with Crippen LogP contribution < -0.4 is 5.32 Å². The topological polar surface area (TPSA) is 128 Å². The van der Waals surface area contributed by atoms with Crippen molar-refractivity contribution in [2.45, 2.75) is 220 Å². The van der Waals surface area contributed by atoms with E-state index in [-0.39, 0.29) is 11.9 Å². The average molecular weight is 746 g/mol. The monoisotopic (exact) mass is 746 g/mol. The summed E-state index contributed by atoms with van der Waals surface area (Å²) in [4.78, 5) is 24.4. The minimum absolute atomic E-state index is 0.195. The molecule has 0 radical (unpaired) electrons. The normalized spacial score (nSPS) is 12.9. The summed E-state index contributed by atoms with van der Waals surface area (Å²) < 4.78 is 40.6. The van der Waals surface area contributed by atoms with Gasteiger partial charge in [-0.2, -0.15) is 8.42 Å². The highest BCUT2D eigenvalue weighted by Crippen LogP contribution is 2.12. The van der Waals surface area contributed by atoms with E-state index in [1.54, 1.807) is 13.8 Å². The Kier molecular flexibility index (Phi) is 39.7. The van der Waals surface area contributed by atoms with E-state index in [1.165, 1.54) is 128 Å². The Bertz CT molecular complexity index is 880. The molecule has 302 valence electrons. The van der Waals surface area contributed by atoms with Crippen LogP contribution in [0.15, 0.2) is 24.3 Å². The van der Waals surface area contributed by atoms with Crippen molar-refractivity contribution in [3.8, 4) is 0 Å². The predicted molar refractivity (Wildman–Crippen MR) is 212 cm³/mol. The lowest BCUT2D eigenvalue weighted by atomic mass is 10.1. The number of allylic oxidation sites excluding steroid dienone is 4. The van der Waals surface area contributed by atoms with Crippen LogP contribution in [0.5, 0.6) is 0 Å². The fourth-order valence-electron chi connectivity index (χ4n) is 5.59. The highest BCUT2D eigenvalue weighted by Gasteiger charge is 2.15. The van der Waals surface area contributed by atoms with Crippen LogP contribution in [0.4, 0.5) is 0 Å². The van der Waals surface area contributed by atoms with Gasteiger partial charge in [-0.15, -0.1) is 0 Å². The molecular formula is C41H79NO8S. The van der Waals surface area contributed by atoms with Crippen LogP contribution in [-0.4, -0.2) is 44.5 Å². The van der Waals surface area contributed by atoms with Crippen molar-refractivity contribution >= 4 is 22.3 Å². The number of ether oxygens (including phenoxy) is 2. The van der Waals surface area contributed by atoms with E-state index >= 15 is 0 Å². The van der Waals surface area contributed by atoms with E-state index in [2.05, 4.69) is 47.7 Å². The molecule has 2 N–H and O–H groups in total. The molecule has 0 fully saturated rings. The highest BCUT2D eigenvalue weighted by molar-refractivity contribution is 7.80. The SMILES string of the molecule is CCCCCCCCC=CCCCCCCCC(=O)OC(C)NC(C)OC(=O)CCCCCCCC=CCCCCCCCC.COS(=O)(=O)O. The van der Waals surface area contributed by atoms with Crippen LogP contribution >= 0.6 is 0 Å². The molecule has 2 unspecified atom stereocenters. The van der Waals surface area contributed by atoms with Crippen molar-refractivity contribution in [1.29, 1.82) is 0 Å². The van der Waals surface area contributed by atoms with Gasteiger partial charge in [0.15, 0.2) is 12.5 Å².